The molecular formula is C20H23FN6O. The molecule has 0 radical (unpaired) electrons. The molecule has 28 heavy (non-hydrogen) atoms. The number of piperazine rings is 1. The topological polar surface area (TPSA) is 85.2 Å². The molecule has 1 N–H and O–H groups in total. The van der Waals surface area contributed by atoms with Gasteiger partial charge in [0.15, 0.2) is 5.82 Å². The Kier molecular flexibility index (Phi) is 6.16. The zero-order valence-corrected chi connectivity index (χ0v) is 16.1. The van der Waals surface area contributed by atoms with Gasteiger partial charge in [0, 0.05) is 39.3 Å². The molecule has 1 aliphatic heterocycles. The number of hydrogen-bond acceptors (Lipinski definition) is 6. The Hall–Kier alpha value is -3.05. The third-order valence-electron chi connectivity index (χ3n) is 5.05. The zero-order chi connectivity index (χ0) is 20.1. The van der Waals surface area contributed by atoms with Crippen molar-refractivity contribution in [1.29, 1.82) is 5.26 Å². The number of hydrogen-bond donors (Lipinski definition) is 1. The number of amides is 1. The van der Waals surface area contributed by atoms with Gasteiger partial charge in [-0.25, -0.2) is 4.39 Å². The number of carbonyl (C=O) groups excluding carboxylic acids is 1. The van der Waals surface area contributed by atoms with Crippen molar-refractivity contribution in [2.75, 3.05) is 44.2 Å². The Morgan fingerprint density at radius 1 is 1.21 bits per heavy atom. The molecule has 0 spiro atoms. The second kappa shape index (κ2) is 8.76. The van der Waals surface area contributed by atoms with E-state index in [9.17, 15) is 14.4 Å². The van der Waals surface area contributed by atoms with Gasteiger partial charge in [0.2, 0.25) is 0 Å². The van der Waals surface area contributed by atoms with Crippen LogP contribution < -0.4 is 10.2 Å². The zero-order valence-electron chi connectivity index (χ0n) is 16.1. The highest BCUT2D eigenvalue weighted by molar-refractivity contribution is 5.94. The standard InChI is InChI=1S/C20H23FN6O/c1-14-15(2)24-25-19(17(14)13-22)27-11-9-26(10-12-27)8-7-23-20(28)16-5-3-4-6-18(16)21/h3-6H,7-12H2,1-2H3,(H,23,28). The average molecular weight is 382 g/mol. The van der Waals surface area contributed by atoms with Crippen LogP contribution in [0.25, 0.3) is 0 Å². The molecule has 0 bridgehead atoms. The molecule has 7 nitrogen and oxygen atoms in total. The molecule has 1 amide bonds. The highest BCUT2D eigenvalue weighted by Gasteiger charge is 2.22. The molecule has 0 saturated carbocycles. The number of anilines is 1. The monoisotopic (exact) mass is 382 g/mol. The van der Waals surface area contributed by atoms with Crippen LogP contribution in [0.4, 0.5) is 10.2 Å². The predicted molar refractivity (Wildman–Crippen MR) is 104 cm³/mol. The Morgan fingerprint density at radius 3 is 2.61 bits per heavy atom. The summed E-state index contributed by atoms with van der Waals surface area (Å²) < 4.78 is 13.6. The van der Waals surface area contributed by atoms with Crippen LogP contribution in [0.15, 0.2) is 24.3 Å². The van der Waals surface area contributed by atoms with Crippen LogP contribution in [0, 0.1) is 31.0 Å². The summed E-state index contributed by atoms with van der Waals surface area (Å²) in [5.74, 6) is -0.282. The SMILES string of the molecule is Cc1nnc(N2CCN(CCNC(=O)c3ccccc3F)CC2)c(C#N)c1C. The number of nitriles is 1. The van der Waals surface area contributed by atoms with E-state index >= 15 is 0 Å². The Morgan fingerprint density at radius 2 is 1.93 bits per heavy atom. The molecule has 1 saturated heterocycles. The van der Waals surface area contributed by atoms with E-state index in [1.807, 2.05) is 13.8 Å². The van der Waals surface area contributed by atoms with Crippen LogP contribution in [-0.4, -0.2) is 60.3 Å². The molecule has 2 heterocycles. The number of benzene rings is 1. The maximum Gasteiger partial charge on any atom is 0.254 e. The Labute approximate surface area is 163 Å². The van der Waals surface area contributed by atoms with E-state index in [1.165, 1.54) is 12.1 Å². The van der Waals surface area contributed by atoms with Gasteiger partial charge in [-0.2, -0.15) is 10.4 Å². The third kappa shape index (κ3) is 4.26. The van der Waals surface area contributed by atoms with Crippen molar-refractivity contribution in [2.45, 2.75) is 13.8 Å². The average Bonchev–Trinajstić information content (AvgIpc) is 2.71. The number of halogens is 1. The van der Waals surface area contributed by atoms with Gasteiger partial charge in [0.25, 0.3) is 5.91 Å². The smallest absolute Gasteiger partial charge is 0.254 e. The molecule has 1 fully saturated rings. The highest BCUT2D eigenvalue weighted by Crippen LogP contribution is 2.22. The first-order valence-electron chi connectivity index (χ1n) is 9.25. The van der Waals surface area contributed by atoms with Crippen molar-refractivity contribution >= 4 is 11.7 Å². The molecule has 1 aliphatic rings. The van der Waals surface area contributed by atoms with E-state index in [0.29, 0.717) is 24.5 Å². The van der Waals surface area contributed by atoms with Crippen molar-refractivity contribution in [2.24, 2.45) is 0 Å². The predicted octanol–water partition coefficient (Wildman–Crippen LogP) is 1.66. The van der Waals surface area contributed by atoms with E-state index in [0.717, 1.165) is 37.4 Å². The van der Waals surface area contributed by atoms with Crippen molar-refractivity contribution in [3.8, 4) is 6.07 Å². The first-order valence-corrected chi connectivity index (χ1v) is 9.25. The van der Waals surface area contributed by atoms with Gasteiger partial charge in [-0.05, 0) is 31.5 Å². The summed E-state index contributed by atoms with van der Waals surface area (Å²) >= 11 is 0. The molecule has 1 aromatic heterocycles. The largest absolute Gasteiger partial charge is 0.351 e. The summed E-state index contributed by atoms with van der Waals surface area (Å²) in [4.78, 5) is 16.3. The fraction of sp³-hybridized carbons (Fsp3) is 0.400. The Balaban J connectivity index is 1.50. The lowest BCUT2D eigenvalue weighted by Gasteiger charge is -2.35. The molecule has 2 aromatic rings. The van der Waals surface area contributed by atoms with Gasteiger partial charge < -0.3 is 10.2 Å². The molecule has 0 atom stereocenters. The summed E-state index contributed by atoms with van der Waals surface area (Å²) in [6.45, 7) is 7.89. The van der Waals surface area contributed by atoms with E-state index in [4.69, 9.17) is 0 Å². The van der Waals surface area contributed by atoms with Gasteiger partial charge in [-0.15, -0.1) is 5.10 Å². The van der Waals surface area contributed by atoms with Crippen molar-refractivity contribution in [3.05, 3.63) is 52.5 Å². The number of nitrogens with zero attached hydrogens (tertiary/aromatic N) is 5. The number of rotatable bonds is 5. The first-order chi connectivity index (χ1) is 13.5. The second-order valence-corrected chi connectivity index (χ2v) is 6.79. The fourth-order valence-electron chi connectivity index (χ4n) is 3.20. The van der Waals surface area contributed by atoms with Crippen LogP contribution in [0.2, 0.25) is 0 Å². The first kappa shape index (κ1) is 19.7. The number of aryl methyl sites for hydroxylation is 1. The van der Waals surface area contributed by atoms with Crippen molar-refractivity contribution in [3.63, 3.8) is 0 Å². The number of carbonyl (C=O) groups is 1. The van der Waals surface area contributed by atoms with E-state index in [1.54, 1.807) is 12.1 Å². The molecule has 3 rings (SSSR count). The van der Waals surface area contributed by atoms with Crippen molar-refractivity contribution in [1.82, 2.24) is 20.4 Å². The number of aromatic nitrogens is 2. The lowest BCUT2D eigenvalue weighted by atomic mass is 10.1. The summed E-state index contributed by atoms with van der Waals surface area (Å²) in [5, 5.41) is 20.6. The summed E-state index contributed by atoms with van der Waals surface area (Å²) in [7, 11) is 0. The molecule has 1 aromatic carbocycles. The molecule has 0 unspecified atom stereocenters. The van der Waals surface area contributed by atoms with Crippen molar-refractivity contribution < 1.29 is 9.18 Å². The lowest BCUT2D eigenvalue weighted by Crippen LogP contribution is -2.49. The van der Waals surface area contributed by atoms with E-state index in [-0.39, 0.29) is 5.56 Å². The molecule has 8 heteroatoms. The van der Waals surface area contributed by atoms with E-state index < -0.39 is 11.7 Å². The minimum absolute atomic E-state index is 0.0599. The van der Waals surface area contributed by atoms with Crippen LogP contribution in [0.5, 0.6) is 0 Å². The summed E-state index contributed by atoms with van der Waals surface area (Å²) in [6.07, 6.45) is 0. The number of nitrogens with one attached hydrogen (secondary N) is 1. The van der Waals surface area contributed by atoms with Crippen LogP contribution >= 0.6 is 0 Å². The maximum absolute atomic E-state index is 13.6. The fourth-order valence-corrected chi connectivity index (χ4v) is 3.20. The van der Waals surface area contributed by atoms with Crippen LogP contribution in [-0.2, 0) is 0 Å². The second-order valence-electron chi connectivity index (χ2n) is 6.79. The minimum atomic E-state index is -0.517. The van der Waals surface area contributed by atoms with Gasteiger partial charge in [-0.1, -0.05) is 12.1 Å². The normalized spacial score (nSPS) is 14.6. The van der Waals surface area contributed by atoms with Gasteiger partial charge in [-0.3, -0.25) is 9.69 Å². The molecule has 146 valence electrons. The minimum Gasteiger partial charge on any atom is -0.351 e. The molecular weight excluding hydrogens is 359 g/mol. The van der Waals surface area contributed by atoms with Gasteiger partial charge in [0.05, 0.1) is 11.3 Å². The quantitative estimate of drug-likeness (QED) is 0.847. The lowest BCUT2D eigenvalue weighted by molar-refractivity contribution is 0.0943. The highest BCUT2D eigenvalue weighted by atomic mass is 19.1. The van der Waals surface area contributed by atoms with E-state index in [2.05, 4.69) is 31.4 Å². The molecule has 0 aliphatic carbocycles. The summed E-state index contributed by atoms with van der Waals surface area (Å²) in [6, 6.07) is 8.19. The third-order valence-corrected chi connectivity index (χ3v) is 5.05. The van der Waals surface area contributed by atoms with Gasteiger partial charge in [0.1, 0.15) is 17.4 Å². The van der Waals surface area contributed by atoms with Gasteiger partial charge >= 0.3 is 0 Å². The van der Waals surface area contributed by atoms with Crippen LogP contribution in [0.3, 0.4) is 0 Å². The van der Waals surface area contributed by atoms with Crippen LogP contribution in [0.1, 0.15) is 27.2 Å². The maximum atomic E-state index is 13.6. The Bertz CT molecular complexity index is 902. The summed E-state index contributed by atoms with van der Waals surface area (Å²) in [5.41, 5.74) is 2.28.